The fourth-order valence-electron chi connectivity index (χ4n) is 1.58. The lowest BCUT2D eigenvalue weighted by Crippen LogP contribution is -2.16. The summed E-state index contributed by atoms with van der Waals surface area (Å²) in [5.74, 6) is 0.336. The molecule has 1 rings (SSSR count). The van der Waals surface area contributed by atoms with Crippen LogP contribution in [0.2, 0.25) is 5.02 Å². The second-order valence-electron chi connectivity index (χ2n) is 3.94. The molecule has 0 heterocycles. The van der Waals surface area contributed by atoms with Crippen molar-refractivity contribution in [3.05, 3.63) is 34.6 Å². The van der Waals surface area contributed by atoms with Crippen molar-refractivity contribution in [3.63, 3.8) is 0 Å². The summed E-state index contributed by atoms with van der Waals surface area (Å²) < 4.78 is 12.8. The predicted molar refractivity (Wildman–Crippen MR) is 62.8 cm³/mol. The van der Waals surface area contributed by atoms with Gasteiger partial charge >= 0.3 is 0 Å². The molecule has 0 radical (unpaired) electrons. The highest BCUT2D eigenvalue weighted by Crippen LogP contribution is 2.20. The zero-order valence-corrected chi connectivity index (χ0v) is 9.94. The lowest BCUT2D eigenvalue weighted by atomic mass is 10.0. The second-order valence-corrected chi connectivity index (χ2v) is 4.34. The zero-order valence-electron chi connectivity index (χ0n) is 9.19. The van der Waals surface area contributed by atoms with Crippen LogP contribution in [0.1, 0.15) is 18.9 Å². The minimum absolute atomic E-state index is 0.271. The monoisotopic (exact) mass is 229 g/mol. The molecule has 0 aliphatic heterocycles. The van der Waals surface area contributed by atoms with Crippen LogP contribution in [-0.4, -0.2) is 13.6 Å². The van der Waals surface area contributed by atoms with Gasteiger partial charge in [-0.15, -0.1) is 0 Å². The number of nitrogens with one attached hydrogen (secondary N) is 1. The summed E-state index contributed by atoms with van der Waals surface area (Å²) >= 11 is 5.93. The molecule has 0 saturated carbocycles. The van der Waals surface area contributed by atoms with Gasteiger partial charge < -0.3 is 5.32 Å². The molecule has 0 bridgehead atoms. The number of halogens is 2. The molecule has 15 heavy (non-hydrogen) atoms. The molecule has 0 aliphatic carbocycles. The maximum atomic E-state index is 12.8. The van der Waals surface area contributed by atoms with E-state index in [9.17, 15) is 4.39 Å². The molecule has 1 atom stereocenters. The van der Waals surface area contributed by atoms with Crippen LogP contribution in [0, 0.1) is 11.7 Å². The molecular formula is C12H17ClFN. The Kier molecular flexibility index (Phi) is 5.06. The highest BCUT2D eigenvalue weighted by molar-refractivity contribution is 6.31. The minimum atomic E-state index is -0.271. The van der Waals surface area contributed by atoms with E-state index in [0.717, 1.165) is 24.9 Å². The van der Waals surface area contributed by atoms with Gasteiger partial charge in [0.1, 0.15) is 5.82 Å². The number of benzene rings is 1. The van der Waals surface area contributed by atoms with Gasteiger partial charge in [0.05, 0.1) is 0 Å². The molecule has 0 aromatic heterocycles. The van der Waals surface area contributed by atoms with Gasteiger partial charge in [0, 0.05) is 5.02 Å². The van der Waals surface area contributed by atoms with E-state index in [1.807, 2.05) is 7.05 Å². The third-order valence-corrected chi connectivity index (χ3v) is 2.83. The van der Waals surface area contributed by atoms with E-state index in [4.69, 9.17) is 11.6 Å². The van der Waals surface area contributed by atoms with Gasteiger partial charge in [-0.25, -0.2) is 4.39 Å². The summed E-state index contributed by atoms with van der Waals surface area (Å²) in [6.45, 7) is 3.19. The molecule has 3 heteroatoms. The van der Waals surface area contributed by atoms with Crippen LogP contribution in [0.15, 0.2) is 18.2 Å². The molecule has 1 unspecified atom stereocenters. The maximum Gasteiger partial charge on any atom is 0.124 e. The van der Waals surface area contributed by atoms with E-state index in [1.54, 1.807) is 6.07 Å². The van der Waals surface area contributed by atoms with E-state index in [2.05, 4.69) is 12.2 Å². The van der Waals surface area contributed by atoms with Crippen molar-refractivity contribution in [1.29, 1.82) is 0 Å². The number of aryl methyl sites for hydroxylation is 1. The van der Waals surface area contributed by atoms with Crippen molar-refractivity contribution in [2.45, 2.75) is 19.8 Å². The van der Waals surface area contributed by atoms with Gasteiger partial charge in [0.2, 0.25) is 0 Å². The fraction of sp³-hybridized carbons (Fsp3) is 0.500. The Labute approximate surface area is 95.6 Å². The molecule has 84 valence electrons. The van der Waals surface area contributed by atoms with Crippen molar-refractivity contribution >= 4 is 11.6 Å². The Morgan fingerprint density at radius 1 is 1.47 bits per heavy atom. The van der Waals surface area contributed by atoms with Gasteiger partial charge in [-0.2, -0.15) is 0 Å². The number of hydrogen-bond acceptors (Lipinski definition) is 1. The molecule has 1 nitrogen and oxygen atoms in total. The predicted octanol–water partition coefficient (Wildman–Crippen LogP) is 3.27. The molecule has 0 saturated heterocycles. The first kappa shape index (κ1) is 12.5. The van der Waals surface area contributed by atoms with Gasteiger partial charge in [0.25, 0.3) is 0 Å². The second kappa shape index (κ2) is 6.09. The van der Waals surface area contributed by atoms with Crippen molar-refractivity contribution in [3.8, 4) is 0 Å². The molecule has 0 aliphatic rings. The van der Waals surface area contributed by atoms with Crippen molar-refractivity contribution in [1.82, 2.24) is 5.32 Å². The topological polar surface area (TPSA) is 12.0 Å². The summed E-state index contributed by atoms with van der Waals surface area (Å²) in [5, 5.41) is 3.67. The van der Waals surface area contributed by atoms with E-state index >= 15 is 0 Å². The van der Waals surface area contributed by atoms with Crippen molar-refractivity contribution < 1.29 is 4.39 Å². The molecule has 1 N–H and O–H groups in total. The number of rotatable bonds is 5. The largest absolute Gasteiger partial charge is 0.319 e. The normalized spacial score (nSPS) is 12.8. The van der Waals surface area contributed by atoms with Crippen molar-refractivity contribution in [2.75, 3.05) is 13.6 Å². The van der Waals surface area contributed by atoms with Crippen LogP contribution in [0.25, 0.3) is 0 Å². The third-order valence-electron chi connectivity index (χ3n) is 2.47. The van der Waals surface area contributed by atoms with Gasteiger partial charge in [-0.1, -0.05) is 24.6 Å². The standard InChI is InChI=1S/C12H17ClFN/c1-9(8-15-2)3-4-10-5-6-11(14)7-12(10)13/h5-7,9,15H,3-4,8H2,1-2H3. The first-order valence-electron chi connectivity index (χ1n) is 5.22. The lowest BCUT2D eigenvalue weighted by molar-refractivity contribution is 0.504. The van der Waals surface area contributed by atoms with Crippen LogP contribution in [-0.2, 0) is 6.42 Å². The SMILES string of the molecule is CNCC(C)CCc1ccc(F)cc1Cl. The Balaban J connectivity index is 2.50. The number of hydrogen-bond donors (Lipinski definition) is 1. The lowest BCUT2D eigenvalue weighted by Gasteiger charge is -2.11. The molecule has 0 spiro atoms. The average molecular weight is 230 g/mol. The minimum Gasteiger partial charge on any atom is -0.319 e. The van der Waals surface area contributed by atoms with Gasteiger partial charge in [-0.05, 0) is 50.0 Å². The maximum absolute atomic E-state index is 12.8. The van der Waals surface area contributed by atoms with Crippen molar-refractivity contribution in [2.24, 2.45) is 5.92 Å². The van der Waals surface area contributed by atoms with Crippen LogP contribution in [0.3, 0.4) is 0 Å². The average Bonchev–Trinajstić information content (AvgIpc) is 2.17. The Morgan fingerprint density at radius 2 is 2.20 bits per heavy atom. The summed E-state index contributed by atoms with van der Waals surface area (Å²) in [4.78, 5) is 0. The van der Waals surface area contributed by atoms with E-state index in [0.29, 0.717) is 10.9 Å². The molecular weight excluding hydrogens is 213 g/mol. The smallest absolute Gasteiger partial charge is 0.124 e. The Hall–Kier alpha value is -0.600. The first-order valence-corrected chi connectivity index (χ1v) is 5.59. The zero-order chi connectivity index (χ0) is 11.3. The summed E-state index contributed by atoms with van der Waals surface area (Å²) in [7, 11) is 1.95. The summed E-state index contributed by atoms with van der Waals surface area (Å²) in [6.07, 6.45) is 1.97. The van der Waals surface area contributed by atoms with Gasteiger partial charge in [0.15, 0.2) is 0 Å². The van der Waals surface area contributed by atoms with Crippen LogP contribution >= 0.6 is 11.6 Å². The molecule has 0 fully saturated rings. The van der Waals surface area contributed by atoms with Crippen LogP contribution in [0.5, 0.6) is 0 Å². The van der Waals surface area contributed by atoms with E-state index in [-0.39, 0.29) is 5.82 Å². The van der Waals surface area contributed by atoms with E-state index in [1.165, 1.54) is 12.1 Å². The molecule has 1 aromatic rings. The first-order chi connectivity index (χ1) is 7.13. The Bertz CT molecular complexity index is 314. The highest BCUT2D eigenvalue weighted by Gasteiger charge is 2.05. The summed E-state index contributed by atoms with van der Waals surface area (Å²) in [5.41, 5.74) is 1.03. The third kappa shape index (κ3) is 4.18. The summed E-state index contributed by atoms with van der Waals surface area (Å²) in [6, 6.07) is 4.60. The van der Waals surface area contributed by atoms with Crippen LogP contribution < -0.4 is 5.32 Å². The van der Waals surface area contributed by atoms with Crippen LogP contribution in [0.4, 0.5) is 4.39 Å². The van der Waals surface area contributed by atoms with E-state index < -0.39 is 0 Å². The molecule has 0 amide bonds. The quantitative estimate of drug-likeness (QED) is 0.817. The Morgan fingerprint density at radius 3 is 2.80 bits per heavy atom. The molecule has 1 aromatic carbocycles. The van der Waals surface area contributed by atoms with Gasteiger partial charge in [-0.3, -0.25) is 0 Å². The fourth-order valence-corrected chi connectivity index (χ4v) is 1.84. The highest BCUT2D eigenvalue weighted by atomic mass is 35.5.